The van der Waals surface area contributed by atoms with Crippen LogP contribution in [-0.2, 0) is 6.54 Å². The maximum Gasteiger partial charge on any atom is 0.333 e. The molecule has 0 aromatic heterocycles. The Morgan fingerprint density at radius 3 is 2.65 bits per heavy atom. The van der Waals surface area contributed by atoms with Crippen molar-refractivity contribution in [3.05, 3.63) is 29.8 Å². The Hall–Kier alpha value is -2.06. The molecule has 0 spiro atoms. The number of nitrogens with zero attached hydrogens (tertiary/aromatic N) is 1. The number of urea groups is 1. The average molecular weight is 448 g/mol. The minimum atomic E-state index is -0.295. The van der Waals surface area contributed by atoms with E-state index in [2.05, 4.69) is 44.6 Å². The molecule has 1 aliphatic heterocycles. The molecule has 3 rings (SSSR count). The molecule has 2 fully saturated rings. The number of thiocarbonyl (C=S) groups is 1. The molecular formula is C23H37N5O2S. The van der Waals surface area contributed by atoms with Crippen LogP contribution in [-0.4, -0.2) is 48.3 Å². The Kier molecular flexibility index (Phi) is 10.2. The van der Waals surface area contributed by atoms with Gasteiger partial charge in [0.05, 0.1) is 6.61 Å². The molecule has 2 aliphatic rings. The predicted octanol–water partition coefficient (Wildman–Crippen LogP) is 3.45. The summed E-state index contributed by atoms with van der Waals surface area (Å²) in [6.07, 6.45) is 10.7. The monoisotopic (exact) mass is 447 g/mol. The third kappa shape index (κ3) is 9.31. The lowest BCUT2D eigenvalue weighted by molar-refractivity contribution is 0.220. The van der Waals surface area contributed by atoms with E-state index in [0.717, 1.165) is 31.6 Å². The van der Waals surface area contributed by atoms with Crippen molar-refractivity contribution < 1.29 is 9.53 Å². The van der Waals surface area contributed by atoms with Gasteiger partial charge in [-0.3, -0.25) is 10.3 Å². The standard InChI is InChI=1S/C23H37N5O2S/c29-22(26-27-23(31)25-20-10-3-1-4-11-20)24-13-8-16-30-21-12-7-9-19(17-21)18-28-14-5-2-6-15-28/h7,9,12,17,20H,1-6,8,10-11,13-16,18H2,(H2,24,26,29)(H2,25,27,31). The zero-order valence-corrected chi connectivity index (χ0v) is 19.3. The number of hydrogen-bond acceptors (Lipinski definition) is 4. The van der Waals surface area contributed by atoms with Gasteiger partial charge in [0.25, 0.3) is 0 Å². The fourth-order valence-electron chi connectivity index (χ4n) is 4.20. The third-order valence-corrected chi connectivity index (χ3v) is 6.08. The summed E-state index contributed by atoms with van der Waals surface area (Å²) < 4.78 is 5.86. The molecule has 1 saturated carbocycles. The quantitative estimate of drug-likeness (QED) is 0.278. The highest BCUT2D eigenvalue weighted by molar-refractivity contribution is 7.80. The third-order valence-electron chi connectivity index (χ3n) is 5.86. The van der Waals surface area contributed by atoms with Crippen LogP contribution in [0.25, 0.3) is 0 Å². The van der Waals surface area contributed by atoms with Crippen LogP contribution in [0.15, 0.2) is 24.3 Å². The van der Waals surface area contributed by atoms with E-state index in [1.165, 1.54) is 57.2 Å². The van der Waals surface area contributed by atoms with Crippen molar-refractivity contribution >= 4 is 23.4 Å². The molecule has 1 heterocycles. The molecule has 4 N–H and O–H groups in total. The van der Waals surface area contributed by atoms with Crippen LogP contribution in [0.2, 0.25) is 0 Å². The Morgan fingerprint density at radius 2 is 1.84 bits per heavy atom. The van der Waals surface area contributed by atoms with Gasteiger partial charge in [0.2, 0.25) is 0 Å². The molecule has 0 atom stereocenters. The maximum atomic E-state index is 11.9. The summed E-state index contributed by atoms with van der Waals surface area (Å²) in [5.41, 5.74) is 6.63. The van der Waals surface area contributed by atoms with Gasteiger partial charge in [0.15, 0.2) is 5.11 Å². The number of carbonyl (C=O) groups is 1. The van der Waals surface area contributed by atoms with E-state index in [9.17, 15) is 4.79 Å². The number of hydrazine groups is 1. The summed E-state index contributed by atoms with van der Waals surface area (Å²) in [4.78, 5) is 14.4. The fourth-order valence-corrected chi connectivity index (χ4v) is 4.42. The summed E-state index contributed by atoms with van der Waals surface area (Å²) in [6, 6.07) is 8.44. The van der Waals surface area contributed by atoms with Crippen molar-refractivity contribution in [2.75, 3.05) is 26.2 Å². The number of ether oxygens (including phenoxy) is 1. The second kappa shape index (κ2) is 13.4. The first kappa shape index (κ1) is 23.6. The summed E-state index contributed by atoms with van der Waals surface area (Å²) in [5, 5.41) is 6.53. The Labute approximate surface area is 191 Å². The zero-order chi connectivity index (χ0) is 21.7. The molecule has 7 nitrogen and oxygen atoms in total. The van der Waals surface area contributed by atoms with Gasteiger partial charge in [-0.05, 0) is 75.1 Å². The number of rotatable bonds is 8. The van der Waals surface area contributed by atoms with E-state index < -0.39 is 0 Å². The number of hydrogen-bond donors (Lipinski definition) is 4. The predicted molar refractivity (Wildman–Crippen MR) is 128 cm³/mol. The van der Waals surface area contributed by atoms with Gasteiger partial charge in [0.1, 0.15) is 5.75 Å². The van der Waals surface area contributed by atoms with Crippen LogP contribution < -0.4 is 26.2 Å². The van der Waals surface area contributed by atoms with Crippen LogP contribution in [0, 0.1) is 0 Å². The lowest BCUT2D eigenvalue weighted by Gasteiger charge is -2.26. The molecule has 0 unspecified atom stereocenters. The highest BCUT2D eigenvalue weighted by atomic mass is 32.1. The lowest BCUT2D eigenvalue weighted by Crippen LogP contribution is -2.52. The van der Waals surface area contributed by atoms with E-state index in [1.807, 2.05) is 6.07 Å². The second-order valence-electron chi connectivity index (χ2n) is 8.50. The van der Waals surface area contributed by atoms with Crippen LogP contribution in [0.3, 0.4) is 0 Å². The highest BCUT2D eigenvalue weighted by Crippen LogP contribution is 2.18. The van der Waals surface area contributed by atoms with Crippen molar-refractivity contribution in [1.29, 1.82) is 0 Å². The van der Waals surface area contributed by atoms with Crippen molar-refractivity contribution in [3.8, 4) is 5.75 Å². The topological polar surface area (TPSA) is 77.7 Å². The van der Waals surface area contributed by atoms with Crippen LogP contribution in [0.5, 0.6) is 5.75 Å². The number of piperidine rings is 1. The van der Waals surface area contributed by atoms with Gasteiger partial charge >= 0.3 is 6.03 Å². The first-order chi connectivity index (χ1) is 15.2. The minimum absolute atomic E-state index is 0.295. The maximum absolute atomic E-state index is 11.9. The fraction of sp³-hybridized carbons (Fsp3) is 0.652. The van der Waals surface area contributed by atoms with Crippen molar-refractivity contribution in [2.24, 2.45) is 0 Å². The summed E-state index contributed by atoms with van der Waals surface area (Å²) in [5.74, 6) is 0.889. The number of nitrogens with one attached hydrogen (secondary N) is 4. The SMILES string of the molecule is O=C(NCCCOc1cccc(CN2CCCCC2)c1)NNC(=S)NC1CCCCC1. The number of benzene rings is 1. The van der Waals surface area contributed by atoms with Crippen molar-refractivity contribution in [3.63, 3.8) is 0 Å². The Morgan fingerprint density at radius 1 is 1.06 bits per heavy atom. The lowest BCUT2D eigenvalue weighted by atomic mass is 9.96. The van der Waals surface area contributed by atoms with E-state index in [0.29, 0.717) is 24.3 Å². The first-order valence-corrected chi connectivity index (χ1v) is 12.1. The van der Waals surface area contributed by atoms with E-state index in [1.54, 1.807) is 0 Å². The molecule has 2 amide bonds. The van der Waals surface area contributed by atoms with Gasteiger partial charge < -0.3 is 15.4 Å². The van der Waals surface area contributed by atoms with Gasteiger partial charge in [-0.1, -0.05) is 37.8 Å². The van der Waals surface area contributed by atoms with Crippen LogP contribution in [0.4, 0.5) is 4.79 Å². The van der Waals surface area contributed by atoms with E-state index in [4.69, 9.17) is 17.0 Å². The van der Waals surface area contributed by atoms with Gasteiger partial charge in [0, 0.05) is 19.1 Å². The summed E-state index contributed by atoms with van der Waals surface area (Å²) in [7, 11) is 0. The number of carbonyl (C=O) groups excluding carboxylic acids is 1. The molecule has 0 bridgehead atoms. The van der Waals surface area contributed by atoms with Gasteiger partial charge in [-0.25, -0.2) is 10.2 Å². The highest BCUT2D eigenvalue weighted by Gasteiger charge is 2.14. The van der Waals surface area contributed by atoms with Crippen molar-refractivity contribution in [2.45, 2.75) is 70.4 Å². The minimum Gasteiger partial charge on any atom is -0.494 e. The molecule has 1 saturated heterocycles. The number of likely N-dealkylation sites (tertiary alicyclic amines) is 1. The molecule has 31 heavy (non-hydrogen) atoms. The molecule has 0 radical (unpaired) electrons. The second-order valence-corrected chi connectivity index (χ2v) is 8.91. The first-order valence-electron chi connectivity index (χ1n) is 11.7. The Balaban J connectivity index is 1.24. The summed E-state index contributed by atoms with van der Waals surface area (Å²) >= 11 is 5.24. The zero-order valence-electron chi connectivity index (χ0n) is 18.5. The Bertz CT molecular complexity index is 690. The molecule has 1 aromatic rings. The normalized spacial score (nSPS) is 17.5. The van der Waals surface area contributed by atoms with Crippen LogP contribution in [0.1, 0.15) is 63.4 Å². The molecule has 8 heteroatoms. The van der Waals surface area contributed by atoms with E-state index in [-0.39, 0.29) is 6.03 Å². The largest absolute Gasteiger partial charge is 0.494 e. The molecular weight excluding hydrogens is 410 g/mol. The average Bonchev–Trinajstić information content (AvgIpc) is 2.79. The van der Waals surface area contributed by atoms with Gasteiger partial charge in [-0.2, -0.15) is 0 Å². The smallest absolute Gasteiger partial charge is 0.333 e. The molecule has 172 valence electrons. The molecule has 1 aliphatic carbocycles. The van der Waals surface area contributed by atoms with Crippen LogP contribution >= 0.6 is 12.2 Å². The number of amides is 2. The molecule has 1 aromatic carbocycles. The van der Waals surface area contributed by atoms with Gasteiger partial charge in [-0.15, -0.1) is 0 Å². The van der Waals surface area contributed by atoms with Crippen molar-refractivity contribution in [1.82, 2.24) is 26.4 Å². The van der Waals surface area contributed by atoms with E-state index >= 15 is 0 Å². The summed E-state index contributed by atoms with van der Waals surface area (Å²) in [6.45, 7) is 4.46.